The normalized spacial score (nSPS) is 27.3. The van der Waals surface area contributed by atoms with Crippen molar-refractivity contribution in [3.63, 3.8) is 0 Å². The molecule has 0 radical (unpaired) electrons. The predicted octanol–water partition coefficient (Wildman–Crippen LogP) is 3.52. The van der Waals surface area contributed by atoms with Crippen molar-refractivity contribution in [2.24, 2.45) is 5.92 Å². The third-order valence-electron chi connectivity index (χ3n) is 4.72. The minimum absolute atomic E-state index is 0.0501. The Morgan fingerprint density at radius 1 is 1.35 bits per heavy atom. The van der Waals surface area contributed by atoms with Crippen LogP contribution in [-0.4, -0.2) is 37.0 Å². The summed E-state index contributed by atoms with van der Waals surface area (Å²) in [7, 11) is 0. The Labute approximate surface area is 124 Å². The van der Waals surface area contributed by atoms with Gasteiger partial charge in [-0.2, -0.15) is 0 Å². The summed E-state index contributed by atoms with van der Waals surface area (Å²) in [5.74, 6) is 0.706. The van der Waals surface area contributed by atoms with Gasteiger partial charge >= 0.3 is 0 Å². The molecule has 3 heteroatoms. The summed E-state index contributed by atoms with van der Waals surface area (Å²) in [6.07, 6.45) is 7.46. The molecule has 2 atom stereocenters. The van der Waals surface area contributed by atoms with Crippen molar-refractivity contribution >= 4 is 0 Å². The predicted molar refractivity (Wildman–Crippen MR) is 83.0 cm³/mol. The van der Waals surface area contributed by atoms with Crippen molar-refractivity contribution in [1.29, 1.82) is 0 Å². The molecule has 3 nitrogen and oxygen atoms in total. The Morgan fingerprint density at radius 3 is 2.65 bits per heavy atom. The Bertz CT molecular complexity index is 294. The van der Waals surface area contributed by atoms with Gasteiger partial charge in [0.05, 0.1) is 17.8 Å². The van der Waals surface area contributed by atoms with Crippen molar-refractivity contribution in [2.45, 2.75) is 83.5 Å². The molecule has 1 heterocycles. The molecule has 2 unspecified atom stereocenters. The quantitative estimate of drug-likeness (QED) is 0.809. The second kappa shape index (κ2) is 6.76. The molecule has 1 aliphatic carbocycles. The number of hydrogen-bond acceptors (Lipinski definition) is 3. The fraction of sp³-hybridized carbons (Fsp3) is 1.00. The zero-order valence-corrected chi connectivity index (χ0v) is 13.8. The van der Waals surface area contributed by atoms with Crippen LogP contribution in [0.15, 0.2) is 0 Å². The summed E-state index contributed by atoms with van der Waals surface area (Å²) in [6, 6.07) is 0.482. The van der Waals surface area contributed by atoms with Crippen molar-refractivity contribution in [3.05, 3.63) is 0 Å². The van der Waals surface area contributed by atoms with Crippen LogP contribution < -0.4 is 5.32 Å². The lowest BCUT2D eigenvalue weighted by atomic mass is 9.70. The first-order valence-electron chi connectivity index (χ1n) is 8.45. The van der Waals surface area contributed by atoms with Gasteiger partial charge in [0.25, 0.3) is 0 Å². The van der Waals surface area contributed by atoms with Gasteiger partial charge in [0.2, 0.25) is 0 Å². The highest BCUT2D eigenvalue weighted by atomic mass is 16.5. The second-order valence-electron chi connectivity index (χ2n) is 7.62. The van der Waals surface area contributed by atoms with Crippen molar-refractivity contribution in [2.75, 3.05) is 19.8 Å². The van der Waals surface area contributed by atoms with Crippen LogP contribution in [0, 0.1) is 5.92 Å². The molecule has 2 fully saturated rings. The first kappa shape index (κ1) is 16.3. The smallest absolute Gasteiger partial charge is 0.0685 e. The maximum absolute atomic E-state index is 6.06. The molecule has 0 aromatic heterocycles. The van der Waals surface area contributed by atoms with Crippen LogP contribution in [0.1, 0.15) is 66.2 Å². The molecular formula is C17H33NO2. The van der Waals surface area contributed by atoms with Crippen LogP contribution in [-0.2, 0) is 9.47 Å². The molecule has 1 spiro atoms. The zero-order chi connectivity index (χ0) is 14.6. The fourth-order valence-electron chi connectivity index (χ4n) is 3.36. The lowest BCUT2D eigenvalue weighted by Crippen LogP contribution is -2.52. The highest BCUT2D eigenvalue weighted by Crippen LogP contribution is 2.45. The third-order valence-corrected chi connectivity index (χ3v) is 4.72. The van der Waals surface area contributed by atoms with Gasteiger partial charge in [-0.05, 0) is 71.8 Å². The summed E-state index contributed by atoms with van der Waals surface area (Å²) in [5, 5.41) is 3.72. The van der Waals surface area contributed by atoms with Gasteiger partial charge in [-0.25, -0.2) is 0 Å². The molecule has 1 saturated carbocycles. The lowest BCUT2D eigenvalue weighted by Gasteiger charge is -2.49. The standard InChI is InChI=1S/C17H33NO2/c1-5-10-18-15(13-20-16(2,3)4)14-7-11-19-17(12-14)8-6-9-17/h14-15,18H,5-13H2,1-4H3. The molecule has 2 aliphatic rings. The molecule has 2 rings (SSSR count). The van der Waals surface area contributed by atoms with Crippen LogP contribution in [0.4, 0.5) is 0 Å². The van der Waals surface area contributed by atoms with Crippen LogP contribution in [0.25, 0.3) is 0 Å². The Hall–Kier alpha value is -0.120. The Morgan fingerprint density at radius 2 is 2.10 bits per heavy atom. The van der Waals surface area contributed by atoms with Crippen LogP contribution in [0.3, 0.4) is 0 Å². The second-order valence-corrected chi connectivity index (χ2v) is 7.62. The average molecular weight is 283 g/mol. The molecule has 20 heavy (non-hydrogen) atoms. The summed E-state index contributed by atoms with van der Waals surface area (Å²) in [5.41, 5.74) is 0.183. The first-order valence-corrected chi connectivity index (χ1v) is 8.45. The van der Waals surface area contributed by atoms with E-state index in [1.807, 2.05) is 0 Å². The van der Waals surface area contributed by atoms with Crippen LogP contribution in [0.2, 0.25) is 0 Å². The monoisotopic (exact) mass is 283 g/mol. The third kappa shape index (κ3) is 4.44. The van der Waals surface area contributed by atoms with E-state index in [1.54, 1.807) is 0 Å². The van der Waals surface area contributed by atoms with E-state index >= 15 is 0 Å². The topological polar surface area (TPSA) is 30.5 Å². The molecule has 1 N–H and O–H groups in total. The van der Waals surface area contributed by atoms with E-state index in [0.717, 1.165) is 19.8 Å². The number of rotatable bonds is 6. The average Bonchev–Trinajstić information content (AvgIpc) is 2.36. The van der Waals surface area contributed by atoms with Gasteiger partial charge in [0.1, 0.15) is 0 Å². The number of nitrogens with one attached hydrogen (secondary N) is 1. The summed E-state index contributed by atoms with van der Waals surface area (Å²) >= 11 is 0. The van der Waals surface area contributed by atoms with E-state index in [2.05, 4.69) is 33.0 Å². The molecule has 0 amide bonds. The van der Waals surface area contributed by atoms with E-state index in [0.29, 0.717) is 12.0 Å². The van der Waals surface area contributed by atoms with Gasteiger partial charge in [-0.15, -0.1) is 0 Å². The maximum Gasteiger partial charge on any atom is 0.0685 e. The van der Waals surface area contributed by atoms with E-state index < -0.39 is 0 Å². The minimum atomic E-state index is -0.0501. The lowest BCUT2D eigenvalue weighted by molar-refractivity contribution is -0.151. The van der Waals surface area contributed by atoms with Gasteiger partial charge in [0.15, 0.2) is 0 Å². The van der Waals surface area contributed by atoms with Crippen molar-refractivity contribution in [3.8, 4) is 0 Å². The number of hydrogen-bond donors (Lipinski definition) is 1. The van der Waals surface area contributed by atoms with E-state index in [-0.39, 0.29) is 11.2 Å². The molecule has 1 aliphatic heterocycles. The SMILES string of the molecule is CCCNC(COC(C)(C)C)C1CCOC2(CCC2)C1. The molecular weight excluding hydrogens is 250 g/mol. The number of ether oxygens (including phenoxy) is 2. The summed E-state index contributed by atoms with van der Waals surface area (Å²) < 4.78 is 12.1. The van der Waals surface area contributed by atoms with Gasteiger partial charge in [0, 0.05) is 12.6 Å². The molecule has 1 saturated heterocycles. The van der Waals surface area contributed by atoms with E-state index in [1.165, 1.54) is 38.5 Å². The largest absolute Gasteiger partial charge is 0.375 e. The Kier molecular flexibility index (Phi) is 5.49. The highest BCUT2D eigenvalue weighted by molar-refractivity contribution is 4.96. The maximum atomic E-state index is 6.06. The van der Waals surface area contributed by atoms with E-state index in [9.17, 15) is 0 Å². The van der Waals surface area contributed by atoms with Gasteiger partial charge < -0.3 is 14.8 Å². The molecule has 0 aromatic carbocycles. The summed E-state index contributed by atoms with van der Waals surface area (Å²) in [6.45, 7) is 11.5. The van der Waals surface area contributed by atoms with Crippen molar-refractivity contribution < 1.29 is 9.47 Å². The zero-order valence-electron chi connectivity index (χ0n) is 13.8. The summed E-state index contributed by atoms with van der Waals surface area (Å²) in [4.78, 5) is 0. The molecule has 0 bridgehead atoms. The van der Waals surface area contributed by atoms with Gasteiger partial charge in [-0.3, -0.25) is 0 Å². The van der Waals surface area contributed by atoms with Crippen LogP contribution in [0.5, 0.6) is 0 Å². The highest BCUT2D eigenvalue weighted by Gasteiger charge is 2.44. The van der Waals surface area contributed by atoms with E-state index in [4.69, 9.17) is 9.47 Å². The molecule has 118 valence electrons. The van der Waals surface area contributed by atoms with Crippen LogP contribution >= 0.6 is 0 Å². The molecule has 0 aromatic rings. The first-order chi connectivity index (χ1) is 9.44. The van der Waals surface area contributed by atoms with Gasteiger partial charge in [-0.1, -0.05) is 6.92 Å². The minimum Gasteiger partial charge on any atom is -0.375 e. The fourth-order valence-corrected chi connectivity index (χ4v) is 3.36. The van der Waals surface area contributed by atoms with Crippen molar-refractivity contribution in [1.82, 2.24) is 5.32 Å². The Balaban J connectivity index is 1.90.